The lowest BCUT2D eigenvalue weighted by molar-refractivity contribution is -0.130. The van der Waals surface area contributed by atoms with E-state index in [4.69, 9.17) is 11.6 Å². The van der Waals surface area contributed by atoms with Gasteiger partial charge in [-0.3, -0.25) is 9.59 Å². The maximum Gasteiger partial charge on any atom is 0.226 e. The van der Waals surface area contributed by atoms with Gasteiger partial charge in [0.25, 0.3) is 0 Å². The van der Waals surface area contributed by atoms with E-state index in [9.17, 15) is 9.59 Å². The third-order valence-electron chi connectivity index (χ3n) is 2.07. The van der Waals surface area contributed by atoms with E-state index >= 15 is 0 Å². The van der Waals surface area contributed by atoms with Crippen LogP contribution in [0, 0.1) is 5.41 Å². The summed E-state index contributed by atoms with van der Waals surface area (Å²) in [6.45, 7) is 3.89. The quantitative estimate of drug-likeness (QED) is 0.717. The predicted octanol–water partition coefficient (Wildman–Crippen LogP) is 0.846. The summed E-state index contributed by atoms with van der Waals surface area (Å²) in [5.74, 6) is 0.142. The van der Waals surface area contributed by atoms with Gasteiger partial charge in [0.15, 0.2) is 0 Å². The molecule has 0 unspecified atom stereocenters. The average Bonchev–Trinajstić information content (AvgIpc) is 2.17. The van der Waals surface area contributed by atoms with Gasteiger partial charge in [-0.05, 0) is 13.8 Å². The lowest BCUT2D eigenvalue weighted by atomic mass is 9.95. The zero-order chi connectivity index (χ0) is 12.1. The molecular weight excluding hydrogens is 216 g/mol. The highest BCUT2D eigenvalue weighted by molar-refractivity contribution is 6.19. The van der Waals surface area contributed by atoms with E-state index in [1.807, 2.05) is 0 Å². The van der Waals surface area contributed by atoms with Crippen LogP contribution in [0.4, 0.5) is 0 Å². The minimum Gasteiger partial charge on any atom is -0.355 e. The Morgan fingerprint density at radius 2 is 1.87 bits per heavy atom. The van der Waals surface area contributed by atoms with Crippen LogP contribution < -0.4 is 5.32 Å². The molecule has 2 amide bonds. The van der Waals surface area contributed by atoms with Crippen molar-refractivity contribution in [3.05, 3.63) is 0 Å². The van der Waals surface area contributed by atoms with Crippen LogP contribution in [0.15, 0.2) is 0 Å². The fraction of sp³-hybridized carbons (Fsp3) is 0.800. The van der Waals surface area contributed by atoms with Gasteiger partial charge in [-0.15, -0.1) is 11.6 Å². The van der Waals surface area contributed by atoms with Gasteiger partial charge >= 0.3 is 0 Å². The van der Waals surface area contributed by atoms with Gasteiger partial charge < -0.3 is 10.2 Å². The maximum absolute atomic E-state index is 11.5. The molecule has 4 nitrogen and oxygen atoms in total. The Morgan fingerprint density at radius 3 is 2.27 bits per heavy atom. The molecule has 0 atom stereocenters. The van der Waals surface area contributed by atoms with Crippen molar-refractivity contribution >= 4 is 23.4 Å². The van der Waals surface area contributed by atoms with Crippen molar-refractivity contribution < 1.29 is 9.59 Å². The largest absolute Gasteiger partial charge is 0.355 e. The van der Waals surface area contributed by atoms with Crippen LogP contribution in [-0.4, -0.2) is 43.2 Å². The zero-order valence-electron chi connectivity index (χ0n) is 9.76. The van der Waals surface area contributed by atoms with Crippen LogP contribution in [0.3, 0.4) is 0 Å². The highest BCUT2D eigenvalue weighted by Crippen LogP contribution is 2.16. The smallest absolute Gasteiger partial charge is 0.226 e. The van der Waals surface area contributed by atoms with E-state index < -0.39 is 5.41 Å². The van der Waals surface area contributed by atoms with E-state index in [1.165, 1.54) is 4.90 Å². The number of amides is 2. The van der Waals surface area contributed by atoms with Crippen LogP contribution >= 0.6 is 11.6 Å². The van der Waals surface area contributed by atoms with Gasteiger partial charge in [0, 0.05) is 32.9 Å². The number of carbonyl (C=O) groups is 2. The molecule has 0 aliphatic carbocycles. The second-order valence-electron chi connectivity index (χ2n) is 4.31. The molecule has 0 aliphatic heterocycles. The number of nitrogens with zero attached hydrogens (tertiary/aromatic N) is 1. The lowest BCUT2D eigenvalue weighted by Gasteiger charge is -2.20. The van der Waals surface area contributed by atoms with Crippen LogP contribution in [0.1, 0.15) is 20.3 Å². The molecular formula is C10H19ClN2O2. The predicted molar refractivity (Wildman–Crippen MR) is 60.8 cm³/mol. The fourth-order valence-corrected chi connectivity index (χ4v) is 0.928. The summed E-state index contributed by atoms with van der Waals surface area (Å²) in [7, 11) is 3.37. The van der Waals surface area contributed by atoms with Gasteiger partial charge in [0.05, 0.1) is 5.41 Å². The van der Waals surface area contributed by atoms with Crippen molar-refractivity contribution in [2.24, 2.45) is 5.41 Å². The average molecular weight is 235 g/mol. The third kappa shape index (κ3) is 5.02. The molecule has 88 valence electrons. The summed E-state index contributed by atoms with van der Waals surface area (Å²) in [5, 5.41) is 2.69. The van der Waals surface area contributed by atoms with Crippen molar-refractivity contribution in [1.82, 2.24) is 10.2 Å². The Morgan fingerprint density at radius 1 is 1.33 bits per heavy atom. The van der Waals surface area contributed by atoms with Crippen LogP contribution in [0.5, 0.6) is 0 Å². The Balaban J connectivity index is 3.88. The number of carbonyl (C=O) groups excluding carboxylic acids is 2. The molecule has 0 heterocycles. The summed E-state index contributed by atoms with van der Waals surface area (Å²) in [6, 6.07) is 0. The number of alkyl halides is 1. The van der Waals surface area contributed by atoms with Crippen LogP contribution in [-0.2, 0) is 9.59 Å². The fourth-order valence-electron chi connectivity index (χ4n) is 0.807. The molecule has 0 spiro atoms. The second-order valence-corrected chi connectivity index (χ2v) is 4.58. The minimum absolute atomic E-state index is 0.000945. The molecule has 5 heteroatoms. The highest BCUT2D eigenvalue weighted by atomic mass is 35.5. The molecule has 15 heavy (non-hydrogen) atoms. The first-order chi connectivity index (χ1) is 6.81. The highest BCUT2D eigenvalue weighted by Gasteiger charge is 2.25. The normalized spacial score (nSPS) is 11.0. The zero-order valence-corrected chi connectivity index (χ0v) is 10.5. The van der Waals surface area contributed by atoms with Gasteiger partial charge in [0.1, 0.15) is 0 Å². The van der Waals surface area contributed by atoms with Gasteiger partial charge in [-0.25, -0.2) is 0 Å². The van der Waals surface area contributed by atoms with E-state index in [1.54, 1.807) is 27.9 Å². The molecule has 0 aromatic rings. The Kier molecular flexibility index (Phi) is 5.65. The molecule has 0 radical (unpaired) electrons. The summed E-state index contributed by atoms with van der Waals surface area (Å²) < 4.78 is 0. The van der Waals surface area contributed by atoms with E-state index in [0.29, 0.717) is 13.0 Å². The van der Waals surface area contributed by atoms with E-state index in [0.717, 1.165) is 0 Å². The van der Waals surface area contributed by atoms with Crippen molar-refractivity contribution in [1.29, 1.82) is 0 Å². The first-order valence-electron chi connectivity index (χ1n) is 4.85. The van der Waals surface area contributed by atoms with Gasteiger partial charge in [0.2, 0.25) is 11.8 Å². The van der Waals surface area contributed by atoms with Crippen molar-refractivity contribution in [2.45, 2.75) is 20.3 Å². The molecule has 0 saturated heterocycles. The summed E-state index contributed by atoms with van der Waals surface area (Å²) in [6.07, 6.45) is 0.317. The number of nitrogens with one attached hydrogen (secondary N) is 1. The topological polar surface area (TPSA) is 49.4 Å². The van der Waals surface area contributed by atoms with E-state index in [2.05, 4.69) is 5.32 Å². The molecule has 0 aromatic heterocycles. The first-order valence-corrected chi connectivity index (χ1v) is 5.39. The minimum atomic E-state index is -0.581. The molecule has 0 aromatic carbocycles. The molecule has 0 saturated carbocycles. The number of rotatable bonds is 5. The van der Waals surface area contributed by atoms with E-state index in [-0.39, 0.29) is 17.7 Å². The maximum atomic E-state index is 11.5. The van der Waals surface area contributed by atoms with Crippen molar-refractivity contribution in [3.8, 4) is 0 Å². The number of hydrogen-bond donors (Lipinski definition) is 1. The van der Waals surface area contributed by atoms with Gasteiger partial charge in [-0.1, -0.05) is 0 Å². The Hall–Kier alpha value is -0.770. The molecule has 0 fully saturated rings. The van der Waals surface area contributed by atoms with Crippen LogP contribution in [0.2, 0.25) is 0 Å². The summed E-state index contributed by atoms with van der Waals surface area (Å²) in [5.41, 5.74) is -0.581. The first kappa shape index (κ1) is 14.2. The monoisotopic (exact) mass is 234 g/mol. The van der Waals surface area contributed by atoms with Crippen LogP contribution in [0.25, 0.3) is 0 Å². The summed E-state index contributed by atoms with van der Waals surface area (Å²) in [4.78, 5) is 24.2. The Labute approximate surface area is 96.0 Å². The Bertz CT molecular complexity index is 240. The second kappa shape index (κ2) is 5.95. The molecule has 0 rings (SSSR count). The van der Waals surface area contributed by atoms with Crippen molar-refractivity contribution in [2.75, 3.05) is 26.5 Å². The van der Waals surface area contributed by atoms with Gasteiger partial charge in [-0.2, -0.15) is 0 Å². The molecule has 0 aliphatic rings. The summed E-state index contributed by atoms with van der Waals surface area (Å²) >= 11 is 5.64. The standard InChI is InChI=1S/C10H19ClN2O2/c1-10(2,7-11)9(15)12-6-5-8(14)13(3)4/h5-7H2,1-4H3,(H,12,15). The van der Waals surface area contributed by atoms with Crippen molar-refractivity contribution in [3.63, 3.8) is 0 Å². The third-order valence-corrected chi connectivity index (χ3v) is 2.74. The molecule has 1 N–H and O–H groups in total. The SMILES string of the molecule is CN(C)C(=O)CCNC(=O)C(C)(C)CCl. The number of halogens is 1. The molecule has 0 bridgehead atoms. The number of hydrogen-bond acceptors (Lipinski definition) is 2. The lowest BCUT2D eigenvalue weighted by Crippen LogP contribution is -2.39.